The number of nitrogens with one attached hydrogen (secondary N) is 1. The van der Waals surface area contributed by atoms with Gasteiger partial charge in [0.15, 0.2) is 0 Å². The van der Waals surface area contributed by atoms with Crippen LogP contribution in [0, 0.1) is 0 Å². The van der Waals surface area contributed by atoms with Crippen LogP contribution in [0.25, 0.3) is 0 Å². The van der Waals surface area contributed by atoms with E-state index >= 15 is 0 Å². The molecule has 1 aliphatic rings. The Morgan fingerprint density at radius 2 is 2.04 bits per heavy atom. The fourth-order valence-electron chi connectivity index (χ4n) is 2.53. The Morgan fingerprint density at radius 3 is 2.58 bits per heavy atom. The van der Waals surface area contributed by atoms with E-state index < -0.39 is 42.9 Å². The van der Waals surface area contributed by atoms with Gasteiger partial charge in [-0.3, -0.25) is 14.5 Å². The second-order valence-electron chi connectivity index (χ2n) is 5.43. The van der Waals surface area contributed by atoms with Crippen molar-refractivity contribution in [3.63, 3.8) is 0 Å². The average Bonchev–Trinajstić information content (AvgIpc) is 2.54. The minimum atomic E-state index is -5.03. The van der Waals surface area contributed by atoms with Crippen molar-refractivity contribution in [2.75, 3.05) is 13.8 Å². The molecule has 9 heteroatoms. The number of aliphatic hydroxyl groups is 1. The summed E-state index contributed by atoms with van der Waals surface area (Å²) in [6.07, 6.45) is -6.13. The second-order valence-corrected chi connectivity index (χ2v) is 5.43. The first-order chi connectivity index (χ1) is 11.2. The van der Waals surface area contributed by atoms with Gasteiger partial charge in [0.05, 0.1) is 0 Å². The average molecular weight is 346 g/mol. The molecule has 0 aromatic heterocycles. The minimum absolute atomic E-state index is 0.201. The summed E-state index contributed by atoms with van der Waals surface area (Å²) in [5.74, 6) is -1.63. The molecule has 24 heavy (non-hydrogen) atoms. The van der Waals surface area contributed by atoms with Gasteiger partial charge in [-0.1, -0.05) is 18.2 Å². The molecular weight excluding hydrogens is 329 g/mol. The lowest BCUT2D eigenvalue weighted by Crippen LogP contribution is -2.68. The van der Waals surface area contributed by atoms with Crippen molar-refractivity contribution in [3.05, 3.63) is 35.9 Å². The number of carbonyl (C=O) groups is 2. The lowest BCUT2D eigenvalue weighted by molar-refractivity contribution is -0.326. The first-order valence-electron chi connectivity index (χ1n) is 7.16. The van der Waals surface area contributed by atoms with Crippen molar-refractivity contribution in [3.8, 4) is 0 Å². The van der Waals surface area contributed by atoms with E-state index in [0.29, 0.717) is 0 Å². The zero-order valence-corrected chi connectivity index (χ0v) is 12.8. The molecule has 1 aromatic rings. The second kappa shape index (κ2) is 6.78. The molecule has 0 bridgehead atoms. The van der Waals surface area contributed by atoms with E-state index in [0.717, 1.165) is 7.11 Å². The smallest absolute Gasteiger partial charge is 0.364 e. The Bertz CT molecular complexity index is 608. The fraction of sp³-hybridized carbons (Fsp3) is 0.467. The number of nitrogens with zero attached hydrogens (tertiary/aromatic N) is 1. The topological polar surface area (TPSA) is 78.9 Å². The number of benzene rings is 1. The summed E-state index contributed by atoms with van der Waals surface area (Å²) in [6.45, 7) is -0.744. The quantitative estimate of drug-likeness (QED) is 0.860. The van der Waals surface area contributed by atoms with Crippen LogP contribution >= 0.6 is 0 Å². The van der Waals surface area contributed by atoms with Crippen molar-refractivity contribution in [2.45, 2.75) is 30.8 Å². The standard InChI is InChI=1S/C15H17F3N2O4/c1-24-9-20-13(22)11(7-8-14(20,23)15(16,17)18)19-12(21)10-5-3-2-4-6-10/h2-6,11,23H,7-9H2,1H3,(H,19,21)/t11-,14+/m0/s1. The molecule has 1 aromatic carbocycles. The zero-order valence-electron chi connectivity index (χ0n) is 12.8. The zero-order chi connectivity index (χ0) is 18.0. The first kappa shape index (κ1) is 18.2. The summed E-state index contributed by atoms with van der Waals surface area (Å²) in [5.41, 5.74) is -3.03. The highest BCUT2D eigenvalue weighted by atomic mass is 19.4. The summed E-state index contributed by atoms with van der Waals surface area (Å²) in [4.78, 5) is 24.6. The molecular formula is C15H17F3N2O4. The molecule has 1 saturated heterocycles. The van der Waals surface area contributed by atoms with Crippen molar-refractivity contribution < 1.29 is 32.6 Å². The maximum absolute atomic E-state index is 13.1. The van der Waals surface area contributed by atoms with Crippen LogP contribution in [0.3, 0.4) is 0 Å². The van der Waals surface area contributed by atoms with Crippen LogP contribution in [0.5, 0.6) is 0 Å². The highest BCUT2D eigenvalue weighted by Crippen LogP contribution is 2.40. The van der Waals surface area contributed by atoms with Gasteiger partial charge in [0, 0.05) is 19.1 Å². The van der Waals surface area contributed by atoms with Crippen molar-refractivity contribution >= 4 is 11.8 Å². The number of piperidine rings is 1. The Kier molecular flexibility index (Phi) is 5.14. The van der Waals surface area contributed by atoms with E-state index in [2.05, 4.69) is 10.1 Å². The van der Waals surface area contributed by atoms with Gasteiger partial charge >= 0.3 is 6.18 Å². The van der Waals surface area contributed by atoms with Gasteiger partial charge in [-0.15, -0.1) is 0 Å². The number of carbonyl (C=O) groups excluding carboxylic acids is 2. The van der Waals surface area contributed by atoms with Crippen LogP contribution in [-0.2, 0) is 9.53 Å². The predicted molar refractivity (Wildman–Crippen MR) is 76.7 cm³/mol. The van der Waals surface area contributed by atoms with Crippen LogP contribution in [0.15, 0.2) is 30.3 Å². The van der Waals surface area contributed by atoms with Gasteiger partial charge in [0.2, 0.25) is 11.6 Å². The Morgan fingerprint density at radius 1 is 1.42 bits per heavy atom. The molecule has 6 nitrogen and oxygen atoms in total. The van der Waals surface area contributed by atoms with E-state index in [-0.39, 0.29) is 16.9 Å². The minimum Gasteiger partial charge on any atom is -0.364 e. The van der Waals surface area contributed by atoms with E-state index in [4.69, 9.17) is 0 Å². The number of hydrogen-bond acceptors (Lipinski definition) is 4. The van der Waals surface area contributed by atoms with E-state index in [9.17, 15) is 27.9 Å². The molecule has 132 valence electrons. The maximum Gasteiger partial charge on any atom is 0.436 e. The van der Waals surface area contributed by atoms with Crippen LogP contribution in [0.2, 0.25) is 0 Å². The molecule has 1 heterocycles. The first-order valence-corrected chi connectivity index (χ1v) is 7.16. The monoisotopic (exact) mass is 346 g/mol. The number of likely N-dealkylation sites (tertiary alicyclic amines) is 1. The van der Waals surface area contributed by atoms with E-state index in [1.807, 2.05) is 0 Å². The third-order valence-electron chi connectivity index (χ3n) is 3.85. The van der Waals surface area contributed by atoms with E-state index in [1.54, 1.807) is 18.2 Å². The summed E-state index contributed by atoms with van der Waals surface area (Å²) < 4.78 is 44.0. The molecule has 0 aliphatic carbocycles. The molecule has 0 unspecified atom stereocenters. The van der Waals surface area contributed by atoms with Crippen LogP contribution in [0.4, 0.5) is 13.2 Å². The number of ether oxygens (including phenoxy) is 1. The number of amides is 2. The van der Waals surface area contributed by atoms with Crippen molar-refractivity contribution in [2.24, 2.45) is 0 Å². The predicted octanol–water partition coefficient (Wildman–Crippen LogP) is 1.26. The Balaban J connectivity index is 2.18. The third kappa shape index (κ3) is 3.36. The molecule has 0 radical (unpaired) electrons. The number of methoxy groups -OCH3 is 1. The van der Waals surface area contributed by atoms with Gasteiger partial charge in [-0.25, -0.2) is 0 Å². The lowest BCUT2D eigenvalue weighted by atomic mass is 9.93. The van der Waals surface area contributed by atoms with Crippen LogP contribution < -0.4 is 5.32 Å². The van der Waals surface area contributed by atoms with E-state index in [1.165, 1.54) is 12.1 Å². The normalized spacial score (nSPS) is 24.8. The van der Waals surface area contributed by atoms with Gasteiger partial charge < -0.3 is 15.2 Å². The molecule has 2 rings (SSSR count). The number of hydrogen-bond donors (Lipinski definition) is 2. The maximum atomic E-state index is 13.1. The van der Waals surface area contributed by atoms with Gasteiger partial charge in [0.1, 0.15) is 12.8 Å². The highest BCUT2D eigenvalue weighted by Gasteiger charge is 2.62. The molecule has 2 N–H and O–H groups in total. The number of rotatable bonds is 4. The largest absolute Gasteiger partial charge is 0.436 e. The number of alkyl halides is 3. The van der Waals surface area contributed by atoms with Crippen molar-refractivity contribution in [1.29, 1.82) is 0 Å². The summed E-state index contributed by atoms with van der Waals surface area (Å²) >= 11 is 0. The molecule has 1 aliphatic heterocycles. The highest BCUT2D eigenvalue weighted by molar-refractivity contribution is 5.97. The van der Waals surface area contributed by atoms with Gasteiger partial charge in [0.25, 0.3) is 5.91 Å². The summed E-state index contributed by atoms with van der Waals surface area (Å²) in [7, 11) is 1.11. The summed E-state index contributed by atoms with van der Waals surface area (Å²) in [5, 5.41) is 12.3. The van der Waals surface area contributed by atoms with Crippen LogP contribution in [-0.4, -0.2) is 53.6 Å². The Labute approximate surface area is 136 Å². The molecule has 1 fully saturated rings. The van der Waals surface area contributed by atoms with Crippen molar-refractivity contribution in [1.82, 2.24) is 10.2 Å². The van der Waals surface area contributed by atoms with Gasteiger partial charge in [-0.05, 0) is 18.6 Å². The SMILES string of the molecule is COCN1C(=O)[C@@H](NC(=O)c2ccccc2)CC[C@@]1(O)C(F)(F)F. The third-order valence-corrected chi connectivity index (χ3v) is 3.85. The molecule has 2 atom stereocenters. The molecule has 0 spiro atoms. The molecule has 0 saturated carbocycles. The Hall–Kier alpha value is -2.13. The molecule has 2 amide bonds. The van der Waals surface area contributed by atoms with Gasteiger partial charge in [-0.2, -0.15) is 13.2 Å². The summed E-state index contributed by atoms with van der Waals surface area (Å²) in [6, 6.07) is 6.81. The lowest BCUT2D eigenvalue weighted by Gasteiger charge is -2.45. The van der Waals surface area contributed by atoms with Crippen LogP contribution in [0.1, 0.15) is 23.2 Å². The fourth-order valence-corrected chi connectivity index (χ4v) is 2.53. The number of halogens is 3.